The van der Waals surface area contributed by atoms with Crippen molar-refractivity contribution in [3.63, 3.8) is 0 Å². The molecule has 5 heteroatoms. The molecule has 1 aromatic heterocycles. The minimum atomic E-state index is -0.312. The molecular formula is C26H24N2O2S. The van der Waals surface area contributed by atoms with Gasteiger partial charge < -0.3 is 4.74 Å². The molecule has 0 saturated carbocycles. The molecule has 0 bridgehead atoms. The van der Waals surface area contributed by atoms with E-state index in [1.807, 2.05) is 68.4 Å². The van der Waals surface area contributed by atoms with Crippen molar-refractivity contribution in [2.24, 2.45) is 0 Å². The predicted molar refractivity (Wildman–Crippen MR) is 124 cm³/mol. The number of carbonyl (C=O) groups excluding carboxylic acids is 1. The average molecular weight is 429 g/mol. The van der Waals surface area contributed by atoms with E-state index in [1.165, 1.54) is 5.56 Å². The van der Waals surface area contributed by atoms with Gasteiger partial charge >= 0.3 is 5.97 Å². The Bertz CT molecular complexity index is 1200. The van der Waals surface area contributed by atoms with E-state index in [0.29, 0.717) is 5.88 Å². The molecule has 4 aromatic rings. The van der Waals surface area contributed by atoms with Crippen LogP contribution in [0.3, 0.4) is 0 Å². The third-order valence-electron chi connectivity index (χ3n) is 4.85. The molecule has 0 N–H and O–H groups in total. The van der Waals surface area contributed by atoms with Crippen molar-refractivity contribution in [1.82, 2.24) is 9.78 Å². The van der Waals surface area contributed by atoms with Crippen molar-refractivity contribution >= 4 is 17.7 Å². The maximum Gasteiger partial charge on any atom is 0.317 e. The summed E-state index contributed by atoms with van der Waals surface area (Å²) in [7, 11) is 0. The number of ether oxygens (including phenoxy) is 1. The molecule has 4 nitrogen and oxygen atoms in total. The molecule has 1 heterocycles. The molecule has 0 aliphatic carbocycles. The van der Waals surface area contributed by atoms with Gasteiger partial charge in [0.25, 0.3) is 0 Å². The Morgan fingerprint density at radius 2 is 1.65 bits per heavy atom. The van der Waals surface area contributed by atoms with Gasteiger partial charge in [-0.05, 0) is 50.6 Å². The molecule has 0 fully saturated rings. The van der Waals surface area contributed by atoms with Crippen LogP contribution >= 0.6 is 11.8 Å². The Morgan fingerprint density at radius 1 is 0.903 bits per heavy atom. The highest BCUT2D eigenvalue weighted by molar-refractivity contribution is 7.99. The number of carbonyl (C=O) groups is 1. The lowest BCUT2D eigenvalue weighted by molar-refractivity contribution is -0.134. The van der Waals surface area contributed by atoms with Crippen molar-refractivity contribution < 1.29 is 9.53 Å². The lowest BCUT2D eigenvalue weighted by Crippen LogP contribution is -2.14. The Morgan fingerprint density at radius 3 is 2.35 bits per heavy atom. The van der Waals surface area contributed by atoms with Crippen LogP contribution in [-0.2, 0) is 11.2 Å². The van der Waals surface area contributed by atoms with Gasteiger partial charge in [0.2, 0.25) is 5.88 Å². The molecular weight excluding hydrogens is 404 g/mol. The fourth-order valence-corrected chi connectivity index (χ4v) is 4.21. The second kappa shape index (κ2) is 9.23. The first-order valence-corrected chi connectivity index (χ1v) is 11.0. The third kappa shape index (κ3) is 5.06. The average Bonchev–Trinajstić information content (AvgIpc) is 3.05. The van der Waals surface area contributed by atoms with Gasteiger partial charge in [0.15, 0.2) is 0 Å². The first kappa shape index (κ1) is 20.9. The maximum atomic E-state index is 12.9. The summed E-state index contributed by atoms with van der Waals surface area (Å²) in [6, 6.07) is 25.9. The Balaban J connectivity index is 1.68. The van der Waals surface area contributed by atoms with E-state index >= 15 is 0 Å². The van der Waals surface area contributed by atoms with E-state index in [0.717, 1.165) is 32.3 Å². The number of benzene rings is 3. The molecule has 156 valence electrons. The van der Waals surface area contributed by atoms with Crippen molar-refractivity contribution in [2.75, 3.05) is 0 Å². The van der Waals surface area contributed by atoms with Gasteiger partial charge in [-0.3, -0.25) is 4.79 Å². The smallest absolute Gasteiger partial charge is 0.317 e. The minimum absolute atomic E-state index is 0.204. The molecule has 3 aromatic carbocycles. The van der Waals surface area contributed by atoms with Crippen LogP contribution in [0.2, 0.25) is 0 Å². The van der Waals surface area contributed by atoms with Crippen LogP contribution in [0.15, 0.2) is 88.7 Å². The topological polar surface area (TPSA) is 44.1 Å². The molecule has 4 rings (SSSR count). The van der Waals surface area contributed by atoms with Gasteiger partial charge in [0.05, 0.1) is 22.7 Å². The molecule has 0 radical (unpaired) electrons. The highest BCUT2D eigenvalue weighted by Gasteiger charge is 2.22. The summed E-state index contributed by atoms with van der Waals surface area (Å²) >= 11 is 1.56. The van der Waals surface area contributed by atoms with E-state index in [4.69, 9.17) is 4.74 Å². The van der Waals surface area contributed by atoms with Crippen molar-refractivity contribution in [1.29, 1.82) is 0 Å². The quantitative estimate of drug-likeness (QED) is 0.348. The number of para-hydroxylation sites is 1. The second-order valence-corrected chi connectivity index (χ2v) is 8.61. The number of nitrogens with zero attached hydrogens (tertiary/aromatic N) is 2. The van der Waals surface area contributed by atoms with Gasteiger partial charge in [0, 0.05) is 4.90 Å². The molecule has 0 atom stereocenters. The molecule has 0 spiro atoms. The van der Waals surface area contributed by atoms with Crippen molar-refractivity contribution in [3.8, 4) is 11.6 Å². The summed E-state index contributed by atoms with van der Waals surface area (Å²) in [4.78, 5) is 14.8. The number of aryl methyl sites for hydroxylation is 3. The lowest BCUT2D eigenvalue weighted by Gasteiger charge is -2.11. The number of aromatic nitrogens is 2. The maximum absolute atomic E-state index is 12.9. The van der Waals surface area contributed by atoms with Gasteiger partial charge in [-0.15, -0.1) is 0 Å². The molecule has 0 unspecified atom stereocenters. The van der Waals surface area contributed by atoms with E-state index < -0.39 is 0 Å². The highest BCUT2D eigenvalue weighted by Crippen LogP contribution is 2.39. The zero-order valence-corrected chi connectivity index (χ0v) is 18.6. The zero-order valence-electron chi connectivity index (χ0n) is 17.8. The summed E-state index contributed by atoms with van der Waals surface area (Å²) in [5.41, 5.74) is 4.91. The fourth-order valence-electron chi connectivity index (χ4n) is 3.30. The van der Waals surface area contributed by atoms with Gasteiger partial charge in [-0.1, -0.05) is 77.5 Å². The third-order valence-corrected chi connectivity index (χ3v) is 6.03. The van der Waals surface area contributed by atoms with Crippen molar-refractivity contribution in [3.05, 3.63) is 101 Å². The van der Waals surface area contributed by atoms with E-state index in [-0.39, 0.29) is 12.4 Å². The highest BCUT2D eigenvalue weighted by atomic mass is 32.2. The number of esters is 1. The first-order valence-electron chi connectivity index (χ1n) is 10.2. The van der Waals surface area contributed by atoms with Gasteiger partial charge in [0.1, 0.15) is 0 Å². The zero-order chi connectivity index (χ0) is 21.8. The SMILES string of the molecule is Cc1ccc(Sc2c(C)nn(-c3ccccc3)c2OC(=O)Cc2cccc(C)c2)cc1. The van der Waals surface area contributed by atoms with Crippen LogP contribution in [-0.4, -0.2) is 15.7 Å². The normalized spacial score (nSPS) is 10.8. The van der Waals surface area contributed by atoms with E-state index in [2.05, 4.69) is 36.3 Å². The molecule has 0 aliphatic rings. The number of hydrogen-bond donors (Lipinski definition) is 0. The monoisotopic (exact) mass is 428 g/mol. The number of hydrogen-bond acceptors (Lipinski definition) is 4. The minimum Gasteiger partial charge on any atom is -0.406 e. The largest absolute Gasteiger partial charge is 0.406 e. The summed E-state index contributed by atoms with van der Waals surface area (Å²) in [6.45, 7) is 6.01. The second-order valence-electron chi connectivity index (χ2n) is 7.52. The summed E-state index contributed by atoms with van der Waals surface area (Å²) in [5.74, 6) is 0.139. The fraction of sp³-hybridized carbons (Fsp3) is 0.154. The Kier molecular flexibility index (Phi) is 6.23. The van der Waals surface area contributed by atoms with Crippen LogP contribution in [0.1, 0.15) is 22.4 Å². The summed E-state index contributed by atoms with van der Waals surface area (Å²) in [6.07, 6.45) is 0.204. The Hall–Kier alpha value is -3.31. The van der Waals surface area contributed by atoms with Crippen LogP contribution in [0.5, 0.6) is 5.88 Å². The molecule has 0 saturated heterocycles. The summed E-state index contributed by atoms with van der Waals surface area (Å²) < 4.78 is 7.64. The summed E-state index contributed by atoms with van der Waals surface area (Å²) in [5, 5.41) is 4.69. The van der Waals surface area contributed by atoms with Crippen LogP contribution < -0.4 is 4.74 Å². The van der Waals surface area contributed by atoms with Crippen molar-refractivity contribution in [2.45, 2.75) is 37.0 Å². The van der Waals surface area contributed by atoms with Gasteiger partial charge in [-0.2, -0.15) is 9.78 Å². The van der Waals surface area contributed by atoms with Crippen LogP contribution in [0.25, 0.3) is 5.69 Å². The van der Waals surface area contributed by atoms with E-state index in [1.54, 1.807) is 16.4 Å². The van der Waals surface area contributed by atoms with Crippen LogP contribution in [0.4, 0.5) is 0 Å². The standard InChI is InChI=1S/C26H24N2O2S/c1-18-12-14-23(15-13-18)31-25-20(3)27-28(22-10-5-4-6-11-22)26(25)30-24(29)17-21-9-7-8-19(2)16-21/h4-16H,17H2,1-3H3. The predicted octanol–water partition coefficient (Wildman–Crippen LogP) is 6.10. The molecule has 31 heavy (non-hydrogen) atoms. The van der Waals surface area contributed by atoms with Gasteiger partial charge in [-0.25, -0.2) is 0 Å². The lowest BCUT2D eigenvalue weighted by atomic mass is 10.1. The van der Waals surface area contributed by atoms with E-state index in [9.17, 15) is 4.79 Å². The first-order chi connectivity index (χ1) is 15.0. The Labute approximate surface area is 186 Å². The number of rotatable bonds is 6. The molecule has 0 amide bonds. The van der Waals surface area contributed by atoms with Crippen LogP contribution in [0, 0.1) is 20.8 Å². The molecule has 0 aliphatic heterocycles.